The van der Waals surface area contributed by atoms with Crippen LogP contribution in [0.1, 0.15) is 16.1 Å². The molecule has 0 unspecified atom stereocenters. The van der Waals surface area contributed by atoms with Crippen LogP contribution in [0.3, 0.4) is 0 Å². The van der Waals surface area contributed by atoms with E-state index in [1.165, 1.54) is 30.3 Å². The fraction of sp³-hybridized carbons (Fsp3) is 0.130. The van der Waals surface area contributed by atoms with Crippen LogP contribution in [0.5, 0.6) is 0 Å². The van der Waals surface area contributed by atoms with E-state index in [-0.39, 0.29) is 39.9 Å². The molecule has 2 aromatic heterocycles. The van der Waals surface area contributed by atoms with Crippen molar-refractivity contribution in [2.75, 3.05) is 17.2 Å². The Morgan fingerprint density at radius 2 is 1.59 bits per heavy atom. The number of primary sulfonamides is 1. The molecule has 0 radical (unpaired) electrons. The fourth-order valence-electron chi connectivity index (χ4n) is 3.43. The normalized spacial score (nSPS) is 11.9. The zero-order valence-electron chi connectivity index (χ0n) is 19.0. The van der Waals surface area contributed by atoms with Crippen LogP contribution >= 0.6 is 0 Å². The molecule has 0 aliphatic carbocycles. The third-order valence-corrected chi connectivity index (χ3v) is 6.08. The number of hydrogen-bond acceptors (Lipinski definition) is 8. The molecular formula is C23H20F3N7O3S. The summed E-state index contributed by atoms with van der Waals surface area (Å²) in [4.78, 5) is 24.6. The Labute approximate surface area is 209 Å². The van der Waals surface area contributed by atoms with Crippen LogP contribution in [0.25, 0.3) is 22.2 Å². The van der Waals surface area contributed by atoms with Gasteiger partial charge >= 0.3 is 6.18 Å². The van der Waals surface area contributed by atoms with Gasteiger partial charge in [-0.05, 0) is 29.3 Å². The average molecular weight is 532 g/mol. The third kappa shape index (κ3) is 6.29. The maximum atomic E-state index is 13.0. The summed E-state index contributed by atoms with van der Waals surface area (Å²) in [6, 6.07) is 15.9. The van der Waals surface area contributed by atoms with Gasteiger partial charge in [-0.25, -0.2) is 23.5 Å². The highest BCUT2D eigenvalue weighted by Gasteiger charge is 2.28. The second-order valence-corrected chi connectivity index (χ2v) is 9.45. The minimum atomic E-state index is -4.56. The van der Waals surface area contributed by atoms with Gasteiger partial charge in [-0.2, -0.15) is 18.2 Å². The maximum absolute atomic E-state index is 13.0. The maximum Gasteiger partial charge on any atom is 0.405 e. The number of pyridine rings is 1. The molecule has 4 rings (SSSR count). The Balaban J connectivity index is 1.80. The van der Waals surface area contributed by atoms with Gasteiger partial charge in [-0.1, -0.05) is 42.5 Å². The van der Waals surface area contributed by atoms with E-state index in [1.807, 2.05) is 0 Å². The first-order valence-electron chi connectivity index (χ1n) is 10.6. The van der Waals surface area contributed by atoms with E-state index in [0.29, 0.717) is 16.7 Å². The number of hydrogen-bond donors (Lipinski definition) is 4. The largest absolute Gasteiger partial charge is 0.405 e. The fourth-order valence-corrected chi connectivity index (χ4v) is 3.95. The first kappa shape index (κ1) is 25.8. The molecule has 0 fully saturated rings. The number of primary amides is 1. The topological polar surface area (TPSA) is 166 Å². The Morgan fingerprint density at radius 1 is 0.919 bits per heavy atom. The second kappa shape index (κ2) is 9.99. The molecule has 0 atom stereocenters. The van der Waals surface area contributed by atoms with Crippen LogP contribution in [0.15, 0.2) is 65.6 Å². The van der Waals surface area contributed by atoms with Crippen LogP contribution in [-0.4, -0.2) is 42.0 Å². The molecule has 0 aliphatic rings. The molecule has 14 heteroatoms. The SMILES string of the molecule is NC(=O)c1cc(-c2ccccc2)c2nc(NCc3ccc(S(N)(=O)=O)cc3)nc(NCC(F)(F)F)c2n1. The predicted molar refractivity (Wildman–Crippen MR) is 131 cm³/mol. The van der Waals surface area contributed by atoms with Gasteiger partial charge in [0, 0.05) is 12.1 Å². The lowest BCUT2D eigenvalue weighted by Gasteiger charge is -2.15. The molecule has 37 heavy (non-hydrogen) atoms. The smallest absolute Gasteiger partial charge is 0.364 e. The van der Waals surface area contributed by atoms with Crippen LogP contribution in [0.4, 0.5) is 24.9 Å². The van der Waals surface area contributed by atoms with E-state index in [2.05, 4.69) is 25.6 Å². The monoisotopic (exact) mass is 531 g/mol. The van der Waals surface area contributed by atoms with E-state index in [0.717, 1.165) is 0 Å². The standard InChI is InChI=1S/C23H20F3N7O3S/c24-23(25,26)12-30-21-19-18(16(10-17(31-19)20(27)34)14-4-2-1-3-5-14)32-22(33-21)29-11-13-6-8-15(9-7-13)37(28,35)36/h1-10H,11-12H2,(H2,27,34)(H2,28,35,36)(H2,29,30,32,33). The lowest BCUT2D eigenvalue weighted by atomic mass is 10.0. The van der Waals surface area contributed by atoms with Gasteiger partial charge in [-0.15, -0.1) is 0 Å². The molecule has 6 N–H and O–H groups in total. The second-order valence-electron chi connectivity index (χ2n) is 7.89. The van der Waals surface area contributed by atoms with Crippen molar-refractivity contribution in [1.29, 1.82) is 0 Å². The van der Waals surface area contributed by atoms with Crippen molar-refractivity contribution in [2.24, 2.45) is 10.9 Å². The summed E-state index contributed by atoms with van der Waals surface area (Å²) in [6.45, 7) is -1.29. The lowest BCUT2D eigenvalue weighted by Crippen LogP contribution is -2.23. The molecule has 0 spiro atoms. The summed E-state index contributed by atoms with van der Waals surface area (Å²) in [6.07, 6.45) is -4.56. The number of nitrogens with zero attached hydrogens (tertiary/aromatic N) is 3. The van der Waals surface area contributed by atoms with E-state index in [4.69, 9.17) is 10.9 Å². The summed E-state index contributed by atoms with van der Waals surface area (Å²) in [5.74, 6) is -1.15. The van der Waals surface area contributed by atoms with E-state index in [1.54, 1.807) is 30.3 Å². The summed E-state index contributed by atoms with van der Waals surface area (Å²) < 4.78 is 61.9. The van der Waals surface area contributed by atoms with Crippen LogP contribution in [0.2, 0.25) is 0 Å². The van der Waals surface area contributed by atoms with E-state index >= 15 is 0 Å². The number of sulfonamides is 1. The van der Waals surface area contributed by atoms with Crippen molar-refractivity contribution in [2.45, 2.75) is 17.6 Å². The predicted octanol–water partition coefficient (Wildman–Crippen LogP) is 3.02. The van der Waals surface area contributed by atoms with Crippen LogP contribution < -0.4 is 21.5 Å². The molecule has 10 nitrogen and oxygen atoms in total. The minimum Gasteiger partial charge on any atom is -0.364 e. The quantitative estimate of drug-likeness (QED) is 0.269. The number of rotatable bonds is 8. The van der Waals surface area contributed by atoms with E-state index < -0.39 is 28.7 Å². The summed E-state index contributed by atoms with van der Waals surface area (Å²) in [7, 11) is -3.86. The number of nitrogens with two attached hydrogens (primary N) is 2. The van der Waals surface area contributed by atoms with Gasteiger partial charge in [0.2, 0.25) is 16.0 Å². The number of halogens is 3. The Kier molecular flexibility index (Phi) is 6.96. The average Bonchev–Trinajstić information content (AvgIpc) is 2.85. The van der Waals surface area contributed by atoms with Crippen molar-refractivity contribution in [3.63, 3.8) is 0 Å². The highest BCUT2D eigenvalue weighted by molar-refractivity contribution is 7.89. The first-order valence-corrected chi connectivity index (χ1v) is 12.2. The number of carbonyl (C=O) groups is 1. The van der Waals surface area contributed by atoms with E-state index in [9.17, 15) is 26.4 Å². The summed E-state index contributed by atoms with van der Waals surface area (Å²) in [5, 5.41) is 10.3. The number of anilines is 2. The Hall–Kier alpha value is -4.30. The van der Waals surface area contributed by atoms with Crippen molar-refractivity contribution in [3.8, 4) is 11.1 Å². The molecule has 1 amide bonds. The minimum absolute atomic E-state index is 0.0292. The van der Waals surface area contributed by atoms with Crippen molar-refractivity contribution in [1.82, 2.24) is 15.0 Å². The third-order valence-electron chi connectivity index (χ3n) is 5.15. The van der Waals surface area contributed by atoms with Crippen LogP contribution in [-0.2, 0) is 16.6 Å². The number of alkyl halides is 3. The molecule has 0 aliphatic heterocycles. The summed E-state index contributed by atoms with van der Waals surface area (Å²) >= 11 is 0. The van der Waals surface area contributed by atoms with Gasteiger partial charge < -0.3 is 16.4 Å². The molecule has 0 bridgehead atoms. The van der Waals surface area contributed by atoms with Gasteiger partial charge in [0.15, 0.2) is 5.82 Å². The Bertz CT molecular complexity index is 1560. The van der Waals surface area contributed by atoms with Crippen LogP contribution in [0, 0.1) is 0 Å². The number of amides is 1. The molecule has 0 saturated carbocycles. The molecule has 2 heterocycles. The Morgan fingerprint density at radius 3 is 2.19 bits per heavy atom. The number of carbonyl (C=O) groups excluding carboxylic acids is 1. The number of benzene rings is 2. The molecular weight excluding hydrogens is 511 g/mol. The highest BCUT2D eigenvalue weighted by Crippen LogP contribution is 2.32. The van der Waals surface area contributed by atoms with Crippen molar-refractivity contribution >= 4 is 38.7 Å². The zero-order valence-corrected chi connectivity index (χ0v) is 19.8. The van der Waals surface area contributed by atoms with Gasteiger partial charge in [-0.3, -0.25) is 4.79 Å². The molecule has 2 aromatic carbocycles. The molecule has 192 valence electrons. The highest BCUT2D eigenvalue weighted by atomic mass is 32.2. The number of fused-ring (bicyclic) bond motifs is 1. The van der Waals surface area contributed by atoms with Crippen molar-refractivity contribution < 1.29 is 26.4 Å². The first-order chi connectivity index (χ1) is 17.4. The number of nitrogens with one attached hydrogen (secondary N) is 2. The molecule has 0 saturated heterocycles. The van der Waals surface area contributed by atoms with Gasteiger partial charge in [0.1, 0.15) is 23.3 Å². The molecule has 4 aromatic rings. The zero-order chi connectivity index (χ0) is 26.8. The lowest BCUT2D eigenvalue weighted by molar-refractivity contribution is -0.115. The van der Waals surface area contributed by atoms with Gasteiger partial charge in [0.05, 0.1) is 4.90 Å². The number of aromatic nitrogens is 3. The summed E-state index contributed by atoms with van der Waals surface area (Å²) in [5.41, 5.74) is 7.05. The van der Waals surface area contributed by atoms with Gasteiger partial charge in [0.25, 0.3) is 5.91 Å². The van der Waals surface area contributed by atoms with Crippen molar-refractivity contribution in [3.05, 3.63) is 71.9 Å².